The first-order valence-electron chi connectivity index (χ1n) is 12.2. The number of benzene rings is 2. The zero-order valence-corrected chi connectivity index (χ0v) is 21.5. The van der Waals surface area contributed by atoms with Crippen LogP contribution < -0.4 is 10.1 Å². The zero-order valence-electron chi connectivity index (χ0n) is 21.5. The van der Waals surface area contributed by atoms with Crippen LogP contribution in [0.25, 0.3) is 0 Å². The first-order valence-corrected chi connectivity index (χ1v) is 12.2. The summed E-state index contributed by atoms with van der Waals surface area (Å²) in [5.74, 6) is -0.163. The van der Waals surface area contributed by atoms with Crippen molar-refractivity contribution in [1.82, 2.24) is 10.2 Å². The van der Waals surface area contributed by atoms with E-state index < -0.39 is 29.2 Å². The fourth-order valence-electron chi connectivity index (χ4n) is 4.44. The van der Waals surface area contributed by atoms with Crippen LogP contribution in [0.3, 0.4) is 0 Å². The van der Waals surface area contributed by atoms with Gasteiger partial charge in [-0.2, -0.15) is 0 Å². The molecule has 1 unspecified atom stereocenters. The summed E-state index contributed by atoms with van der Waals surface area (Å²) in [7, 11) is 0. The molecule has 1 aliphatic rings. The standard InChI is InChI=1S/C28H36N2O5/c1-7-19(3)28(8-2)24(32)30(26(33)29-18-20-12-10-9-11-13-20)25(28)34-22-16-14-21(15-17-22)23(31)35-27(4,5)6/h9-17,19,25H,7-8,18H2,1-6H3,(H,29,33)/t19?,25-,28+/m0/s1. The Labute approximate surface area is 207 Å². The molecule has 3 atom stereocenters. The zero-order chi connectivity index (χ0) is 25.8. The molecule has 0 aromatic heterocycles. The lowest BCUT2D eigenvalue weighted by molar-refractivity contribution is -0.200. The van der Waals surface area contributed by atoms with Crippen molar-refractivity contribution in [3.63, 3.8) is 0 Å². The highest BCUT2D eigenvalue weighted by Gasteiger charge is 2.65. The minimum Gasteiger partial charge on any atom is -0.469 e. The summed E-state index contributed by atoms with van der Waals surface area (Å²) in [4.78, 5) is 39.9. The third kappa shape index (κ3) is 5.50. The van der Waals surface area contributed by atoms with E-state index in [0.29, 0.717) is 24.3 Å². The Morgan fingerprint density at radius 1 is 1.06 bits per heavy atom. The van der Waals surface area contributed by atoms with Crippen molar-refractivity contribution in [1.29, 1.82) is 0 Å². The maximum atomic E-state index is 13.4. The van der Waals surface area contributed by atoms with Gasteiger partial charge in [-0.15, -0.1) is 0 Å². The molecule has 3 amide bonds. The van der Waals surface area contributed by atoms with Gasteiger partial charge in [0.15, 0.2) is 6.23 Å². The topological polar surface area (TPSA) is 84.9 Å². The predicted molar refractivity (Wildman–Crippen MR) is 134 cm³/mol. The molecule has 1 saturated heterocycles. The minimum atomic E-state index is -0.803. The van der Waals surface area contributed by atoms with E-state index in [-0.39, 0.29) is 11.8 Å². The first-order chi connectivity index (χ1) is 16.5. The molecule has 0 radical (unpaired) electrons. The number of imide groups is 1. The number of esters is 1. The fraction of sp³-hybridized carbons (Fsp3) is 0.464. The van der Waals surface area contributed by atoms with Gasteiger partial charge in [0.05, 0.1) is 5.56 Å². The number of hydrogen-bond acceptors (Lipinski definition) is 5. The van der Waals surface area contributed by atoms with E-state index in [9.17, 15) is 14.4 Å². The Hall–Kier alpha value is -3.35. The van der Waals surface area contributed by atoms with Crippen LogP contribution in [0.5, 0.6) is 5.75 Å². The lowest BCUT2D eigenvalue weighted by atomic mass is 9.64. The van der Waals surface area contributed by atoms with Crippen LogP contribution in [-0.2, 0) is 16.1 Å². The van der Waals surface area contributed by atoms with Crippen LogP contribution in [-0.4, -0.2) is 34.6 Å². The minimum absolute atomic E-state index is 0.0178. The molecule has 0 aliphatic carbocycles. The molecule has 1 N–H and O–H groups in total. The summed E-state index contributed by atoms with van der Waals surface area (Å²) in [6, 6.07) is 15.6. The molecule has 7 nitrogen and oxygen atoms in total. The van der Waals surface area contributed by atoms with E-state index in [1.807, 2.05) is 71.9 Å². The molecule has 1 aliphatic heterocycles. The van der Waals surface area contributed by atoms with Crippen molar-refractivity contribution in [2.75, 3.05) is 0 Å². The largest absolute Gasteiger partial charge is 0.469 e. The Balaban J connectivity index is 1.80. The molecular weight excluding hydrogens is 444 g/mol. The number of carbonyl (C=O) groups excluding carboxylic acids is 3. The molecule has 1 heterocycles. The Kier molecular flexibility index (Phi) is 7.88. The van der Waals surface area contributed by atoms with Gasteiger partial charge in [-0.1, -0.05) is 57.5 Å². The van der Waals surface area contributed by atoms with Crippen LogP contribution in [0.15, 0.2) is 54.6 Å². The molecule has 0 bridgehead atoms. The predicted octanol–water partition coefficient (Wildman–Crippen LogP) is 5.54. The molecule has 0 spiro atoms. The van der Waals surface area contributed by atoms with E-state index in [1.165, 1.54) is 4.90 Å². The van der Waals surface area contributed by atoms with Gasteiger partial charge in [0.2, 0.25) is 5.91 Å². The van der Waals surface area contributed by atoms with Gasteiger partial charge in [-0.05, 0) is 62.9 Å². The highest BCUT2D eigenvalue weighted by molar-refractivity contribution is 6.03. The normalized spacial score (nSPS) is 20.6. The quantitative estimate of drug-likeness (QED) is 0.396. The second kappa shape index (κ2) is 10.5. The van der Waals surface area contributed by atoms with E-state index >= 15 is 0 Å². The average molecular weight is 481 g/mol. The van der Waals surface area contributed by atoms with Crippen molar-refractivity contribution < 1.29 is 23.9 Å². The monoisotopic (exact) mass is 480 g/mol. The number of likely N-dealkylation sites (tertiary alicyclic amines) is 1. The smallest absolute Gasteiger partial charge is 0.338 e. The second-order valence-corrected chi connectivity index (χ2v) is 10.0. The van der Waals surface area contributed by atoms with E-state index in [4.69, 9.17) is 9.47 Å². The third-order valence-corrected chi connectivity index (χ3v) is 6.61. The highest BCUT2D eigenvalue weighted by Crippen LogP contribution is 2.50. The fourth-order valence-corrected chi connectivity index (χ4v) is 4.44. The maximum absolute atomic E-state index is 13.4. The number of hydrogen-bond donors (Lipinski definition) is 1. The number of nitrogens with zero attached hydrogens (tertiary/aromatic N) is 1. The number of ether oxygens (including phenoxy) is 2. The number of carbonyl (C=O) groups is 3. The van der Waals surface area contributed by atoms with Crippen molar-refractivity contribution in [2.45, 2.75) is 72.8 Å². The summed E-state index contributed by atoms with van der Waals surface area (Å²) in [6.07, 6.45) is 0.568. The molecule has 188 valence electrons. The lowest BCUT2D eigenvalue weighted by Crippen LogP contribution is -2.75. The summed E-state index contributed by atoms with van der Waals surface area (Å²) < 4.78 is 11.7. The van der Waals surface area contributed by atoms with E-state index in [0.717, 1.165) is 12.0 Å². The van der Waals surface area contributed by atoms with Gasteiger partial charge in [-0.25, -0.2) is 14.5 Å². The number of urea groups is 1. The average Bonchev–Trinajstić information content (AvgIpc) is 2.83. The number of nitrogens with one attached hydrogen (secondary N) is 1. The molecule has 7 heteroatoms. The summed E-state index contributed by atoms with van der Waals surface area (Å²) in [6.45, 7) is 11.7. The van der Waals surface area contributed by atoms with Gasteiger partial charge >= 0.3 is 12.0 Å². The van der Waals surface area contributed by atoms with Crippen LogP contribution in [0.2, 0.25) is 0 Å². The number of amides is 3. The van der Waals surface area contributed by atoms with Gasteiger partial charge in [0, 0.05) is 6.54 Å². The van der Waals surface area contributed by atoms with E-state index in [2.05, 4.69) is 5.32 Å². The second-order valence-electron chi connectivity index (χ2n) is 10.0. The maximum Gasteiger partial charge on any atom is 0.338 e. The van der Waals surface area contributed by atoms with Crippen molar-refractivity contribution in [3.8, 4) is 5.75 Å². The molecule has 2 aromatic rings. The molecule has 2 aromatic carbocycles. The van der Waals surface area contributed by atoms with Crippen LogP contribution in [0, 0.1) is 11.3 Å². The summed E-state index contributed by atoms with van der Waals surface area (Å²) in [5.41, 5.74) is -0.0583. The summed E-state index contributed by atoms with van der Waals surface area (Å²) in [5, 5.41) is 2.84. The van der Waals surface area contributed by atoms with Gasteiger partial charge < -0.3 is 14.8 Å². The molecule has 3 rings (SSSR count). The van der Waals surface area contributed by atoms with Crippen LogP contribution >= 0.6 is 0 Å². The van der Waals surface area contributed by atoms with Crippen molar-refractivity contribution in [3.05, 3.63) is 65.7 Å². The van der Waals surface area contributed by atoms with Crippen LogP contribution in [0.1, 0.15) is 70.3 Å². The molecule has 1 fully saturated rings. The number of β-lactam (4-membered cyclic amide) rings is 1. The Morgan fingerprint density at radius 2 is 1.69 bits per heavy atom. The van der Waals surface area contributed by atoms with Crippen LogP contribution in [0.4, 0.5) is 4.79 Å². The third-order valence-electron chi connectivity index (χ3n) is 6.61. The Morgan fingerprint density at radius 3 is 2.23 bits per heavy atom. The highest BCUT2D eigenvalue weighted by atomic mass is 16.6. The van der Waals surface area contributed by atoms with Crippen molar-refractivity contribution >= 4 is 17.9 Å². The molecule has 35 heavy (non-hydrogen) atoms. The van der Waals surface area contributed by atoms with E-state index in [1.54, 1.807) is 24.3 Å². The van der Waals surface area contributed by atoms with Gasteiger partial charge in [0.25, 0.3) is 0 Å². The SMILES string of the molecule is CCC(C)[C@]1(CC)C(=O)N(C(=O)NCc2ccccc2)[C@H]1Oc1ccc(C(=O)OC(C)(C)C)cc1. The van der Waals surface area contributed by atoms with Crippen molar-refractivity contribution in [2.24, 2.45) is 11.3 Å². The first kappa shape index (κ1) is 26.3. The Bertz CT molecular complexity index is 1050. The van der Waals surface area contributed by atoms with Gasteiger partial charge in [-0.3, -0.25) is 4.79 Å². The number of rotatable bonds is 8. The summed E-state index contributed by atoms with van der Waals surface area (Å²) >= 11 is 0. The molecular formula is C28H36N2O5. The van der Waals surface area contributed by atoms with Gasteiger partial charge in [0.1, 0.15) is 16.8 Å². The molecule has 0 saturated carbocycles. The lowest BCUT2D eigenvalue weighted by Gasteiger charge is -2.56.